The van der Waals surface area contributed by atoms with Gasteiger partial charge in [0, 0.05) is 23.2 Å². The average Bonchev–Trinajstić information content (AvgIpc) is 3.16. The lowest BCUT2D eigenvalue weighted by Crippen LogP contribution is -2.41. The molecule has 0 atom stereocenters. The minimum atomic E-state index is -3.91. The first-order valence-electron chi connectivity index (χ1n) is 9.55. The summed E-state index contributed by atoms with van der Waals surface area (Å²) in [6.45, 7) is 9.59. The number of fused-ring (bicyclic) bond motifs is 1. The zero-order chi connectivity index (χ0) is 21.9. The molecule has 1 aliphatic heterocycles. The van der Waals surface area contributed by atoms with Crippen molar-refractivity contribution < 1.29 is 17.7 Å². The van der Waals surface area contributed by atoms with E-state index < -0.39 is 28.3 Å². The summed E-state index contributed by atoms with van der Waals surface area (Å²) in [5, 5.41) is 9.82. The molecule has 154 valence electrons. The Hall–Kier alpha value is -2.67. The molecule has 0 unspecified atom stereocenters. The molecule has 1 aromatic carbocycles. The van der Waals surface area contributed by atoms with Crippen molar-refractivity contribution >= 4 is 33.6 Å². The molecule has 4 rings (SSSR count). The zero-order valence-corrected chi connectivity index (χ0v) is 18.3. The topological polar surface area (TPSA) is 94.2 Å². The van der Waals surface area contributed by atoms with E-state index >= 15 is 0 Å². The van der Waals surface area contributed by atoms with E-state index in [1.807, 2.05) is 34.6 Å². The van der Waals surface area contributed by atoms with Gasteiger partial charge in [-0.2, -0.15) is 5.26 Å². The number of aromatic nitrogens is 2. The van der Waals surface area contributed by atoms with Crippen LogP contribution in [0.2, 0.25) is 0 Å². The van der Waals surface area contributed by atoms with Crippen molar-refractivity contribution in [2.45, 2.75) is 50.7 Å². The first kappa shape index (κ1) is 20.6. The fourth-order valence-corrected chi connectivity index (χ4v) is 4.66. The molecule has 30 heavy (non-hydrogen) atoms. The number of nitrogens with zero attached hydrogens (tertiary/aromatic N) is 3. The summed E-state index contributed by atoms with van der Waals surface area (Å²) in [6.07, 6.45) is 2.84. The van der Waals surface area contributed by atoms with Gasteiger partial charge in [-0.1, -0.05) is 17.7 Å². The molecule has 9 heteroatoms. The van der Waals surface area contributed by atoms with Crippen molar-refractivity contribution in [1.82, 2.24) is 8.96 Å². The highest BCUT2D eigenvalue weighted by Crippen LogP contribution is 2.37. The van der Waals surface area contributed by atoms with Crippen LogP contribution in [0.5, 0.6) is 0 Å². The number of rotatable bonds is 3. The normalized spacial score (nSPS) is 17.9. The molecule has 3 heterocycles. The third kappa shape index (κ3) is 3.12. The molecule has 2 aromatic heterocycles. The van der Waals surface area contributed by atoms with E-state index in [0.717, 1.165) is 9.54 Å². The minimum absolute atomic E-state index is 0.150. The Morgan fingerprint density at radius 1 is 1.10 bits per heavy atom. The lowest BCUT2D eigenvalue weighted by atomic mass is 9.79. The number of nitriles is 1. The van der Waals surface area contributed by atoms with Crippen LogP contribution < -0.4 is 5.46 Å². The van der Waals surface area contributed by atoms with E-state index in [4.69, 9.17) is 9.31 Å². The molecule has 0 saturated carbocycles. The molecule has 1 aliphatic rings. The van der Waals surface area contributed by atoms with Gasteiger partial charge in [0.05, 0.1) is 21.7 Å². The molecule has 0 aliphatic carbocycles. The Morgan fingerprint density at radius 3 is 2.27 bits per heavy atom. The van der Waals surface area contributed by atoms with Crippen molar-refractivity contribution in [3.63, 3.8) is 0 Å². The van der Waals surface area contributed by atoms with Crippen molar-refractivity contribution in [3.8, 4) is 6.07 Å². The first-order valence-corrected chi connectivity index (χ1v) is 11.0. The monoisotopic (exact) mass is 423 g/mol. The molecule has 0 bridgehead atoms. The van der Waals surface area contributed by atoms with Crippen LogP contribution in [-0.2, 0) is 19.3 Å². The number of hydrogen-bond donors (Lipinski definition) is 0. The van der Waals surface area contributed by atoms with Crippen LogP contribution in [0.3, 0.4) is 0 Å². The summed E-state index contributed by atoms with van der Waals surface area (Å²) in [7, 11) is -4.70. The summed E-state index contributed by atoms with van der Waals surface area (Å²) >= 11 is 0. The van der Waals surface area contributed by atoms with Crippen LogP contribution in [0.4, 0.5) is 0 Å². The van der Waals surface area contributed by atoms with Crippen LogP contribution in [0, 0.1) is 18.3 Å². The number of benzene rings is 1. The van der Waals surface area contributed by atoms with Crippen molar-refractivity contribution in [2.24, 2.45) is 0 Å². The second-order valence-corrected chi connectivity index (χ2v) is 10.3. The molecule has 7 nitrogen and oxygen atoms in total. The molecule has 1 fully saturated rings. The van der Waals surface area contributed by atoms with Gasteiger partial charge in [0.25, 0.3) is 10.0 Å². The fourth-order valence-electron chi connectivity index (χ4n) is 3.33. The van der Waals surface area contributed by atoms with Crippen LogP contribution in [0.1, 0.15) is 38.8 Å². The smallest absolute Gasteiger partial charge is 0.399 e. The van der Waals surface area contributed by atoms with E-state index in [-0.39, 0.29) is 10.5 Å². The molecule has 3 aromatic rings. The van der Waals surface area contributed by atoms with E-state index in [2.05, 4.69) is 11.1 Å². The number of pyridine rings is 1. The van der Waals surface area contributed by atoms with Gasteiger partial charge in [-0.05, 0) is 52.8 Å². The molecule has 0 N–H and O–H groups in total. The Bertz CT molecular complexity index is 1270. The summed E-state index contributed by atoms with van der Waals surface area (Å²) in [4.78, 5) is 4.43. The molecule has 1 saturated heterocycles. The summed E-state index contributed by atoms with van der Waals surface area (Å²) in [5.41, 5.74) is 0.833. The van der Waals surface area contributed by atoms with Crippen molar-refractivity contribution in [3.05, 3.63) is 53.9 Å². The molecule has 0 amide bonds. The SMILES string of the molecule is Cc1ccc(S(=O)(=O)n2cc(B3OC(C)(C)C(C)(C)O3)c3cc(C#N)cnc32)cc1. The predicted octanol–water partition coefficient (Wildman–Crippen LogP) is 2.75. The second-order valence-electron chi connectivity index (χ2n) is 8.49. The van der Waals surface area contributed by atoms with Gasteiger partial charge < -0.3 is 9.31 Å². The second kappa shape index (κ2) is 6.67. The van der Waals surface area contributed by atoms with Crippen molar-refractivity contribution in [2.75, 3.05) is 0 Å². The van der Waals surface area contributed by atoms with E-state index in [0.29, 0.717) is 16.4 Å². The van der Waals surface area contributed by atoms with Crippen LogP contribution in [0.25, 0.3) is 11.0 Å². The lowest BCUT2D eigenvalue weighted by molar-refractivity contribution is 0.00578. The standard InChI is InChI=1S/C21H22BN3O4S/c1-14-6-8-16(9-7-14)30(26,27)25-13-18(17-10-15(11-23)12-24-19(17)25)22-28-20(2,3)21(4,5)29-22/h6-10,12-13H,1-5H3. The maximum Gasteiger partial charge on any atom is 0.497 e. The highest BCUT2D eigenvalue weighted by Gasteiger charge is 2.52. The van der Waals surface area contributed by atoms with Crippen LogP contribution in [-0.4, -0.2) is 35.7 Å². The number of aryl methyl sites for hydroxylation is 1. The first-order chi connectivity index (χ1) is 14.0. The lowest BCUT2D eigenvalue weighted by Gasteiger charge is -2.32. The van der Waals surface area contributed by atoms with Gasteiger partial charge in [0.15, 0.2) is 5.65 Å². The highest BCUT2D eigenvalue weighted by atomic mass is 32.2. The Balaban J connectivity index is 1.93. The van der Waals surface area contributed by atoms with Gasteiger partial charge in [-0.15, -0.1) is 0 Å². The maximum absolute atomic E-state index is 13.4. The quantitative estimate of drug-likeness (QED) is 0.602. The summed E-state index contributed by atoms with van der Waals surface area (Å²) < 4.78 is 40.2. The zero-order valence-electron chi connectivity index (χ0n) is 17.5. The van der Waals surface area contributed by atoms with Gasteiger partial charge >= 0.3 is 7.12 Å². The maximum atomic E-state index is 13.4. The van der Waals surface area contributed by atoms with E-state index in [9.17, 15) is 13.7 Å². The molecule has 0 radical (unpaired) electrons. The van der Waals surface area contributed by atoms with Gasteiger partial charge in [0.2, 0.25) is 0 Å². The third-order valence-electron chi connectivity index (χ3n) is 5.86. The summed E-state index contributed by atoms with van der Waals surface area (Å²) in [5.74, 6) is 0. The van der Waals surface area contributed by atoms with Gasteiger partial charge in [0.1, 0.15) is 6.07 Å². The Labute approximate surface area is 176 Å². The van der Waals surface area contributed by atoms with Gasteiger partial charge in [-0.25, -0.2) is 17.4 Å². The van der Waals surface area contributed by atoms with Crippen LogP contribution >= 0.6 is 0 Å². The van der Waals surface area contributed by atoms with E-state index in [1.165, 1.54) is 12.4 Å². The summed E-state index contributed by atoms with van der Waals surface area (Å²) in [6, 6.07) is 10.3. The number of hydrogen-bond acceptors (Lipinski definition) is 6. The molecule has 0 spiro atoms. The Kier molecular flexibility index (Phi) is 4.58. The Morgan fingerprint density at radius 2 is 1.70 bits per heavy atom. The molecular weight excluding hydrogens is 401 g/mol. The van der Waals surface area contributed by atoms with Crippen molar-refractivity contribution in [1.29, 1.82) is 5.26 Å². The molecular formula is C21H22BN3O4S. The minimum Gasteiger partial charge on any atom is -0.399 e. The van der Waals surface area contributed by atoms with Crippen LogP contribution in [0.15, 0.2) is 47.6 Å². The third-order valence-corrected chi connectivity index (χ3v) is 7.52. The fraction of sp³-hybridized carbons (Fsp3) is 0.333. The average molecular weight is 423 g/mol. The largest absolute Gasteiger partial charge is 0.497 e. The highest BCUT2D eigenvalue weighted by molar-refractivity contribution is 7.90. The predicted molar refractivity (Wildman–Crippen MR) is 114 cm³/mol. The van der Waals surface area contributed by atoms with Gasteiger partial charge in [-0.3, -0.25) is 0 Å². The van der Waals surface area contributed by atoms with E-state index in [1.54, 1.807) is 30.3 Å².